The number of para-hydroxylation sites is 2. The molecule has 0 fully saturated rings. The molecule has 3 aromatic rings. The van der Waals surface area contributed by atoms with Gasteiger partial charge in [0.05, 0.1) is 40.9 Å². The molecule has 0 saturated carbocycles. The van der Waals surface area contributed by atoms with Crippen molar-refractivity contribution in [1.82, 2.24) is 9.97 Å². The largest absolute Gasteiger partial charge is 0.352 e. The third-order valence-electron chi connectivity index (χ3n) is 5.45. The highest BCUT2D eigenvalue weighted by Crippen LogP contribution is 2.39. The quantitative estimate of drug-likeness (QED) is 0.526. The highest BCUT2D eigenvalue weighted by Gasteiger charge is 2.27. The van der Waals surface area contributed by atoms with Crippen LogP contribution in [0.25, 0.3) is 0 Å². The minimum absolute atomic E-state index is 0.101. The van der Waals surface area contributed by atoms with Crippen molar-refractivity contribution in [2.75, 3.05) is 22.9 Å². The van der Waals surface area contributed by atoms with Gasteiger partial charge in [0, 0.05) is 31.3 Å². The summed E-state index contributed by atoms with van der Waals surface area (Å²) in [6.45, 7) is 1.63. The van der Waals surface area contributed by atoms with E-state index in [1.165, 1.54) is 7.05 Å². The lowest BCUT2D eigenvalue weighted by Crippen LogP contribution is -2.25. The van der Waals surface area contributed by atoms with E-state index in [4.69, 9.17) is 0 Å². The molecule has 0 saturated heterocycles. The molecule has 0 radical (unpaired) electrons. The monoisotopic (exact) mass is 489 g/mol. The molecule has 1 aromatic carbocycles. The van der Waals surface area contributed by atoms with Crippen LogP contribution in [-0.2, 0) is 22.9 Å². The first-order valence-corrected chi connectivity index (χ1v) is 12.2. The lowest BCUT2D eigenvalue weighted by atomic mass is 10.1. The van der Waals surface area contributed by atoms with Crippen molar-refractivity contribution >= 4 is 38.5 Å². The highest BCUT2D eigenvalue weighted by molar-refractivity contribution is 7.92. The standard InChI is InChI=1S/C23H22F3N5O2S/c1-13-8-14(27-12-16(13)24)9-15-10-18(22-19(28-15)11-20(30-22)23(25)26)29-17-6-4-5-7-21(17)31(2)34(3,32)33/h4-8,10,12,23H,9,11H2,1-3H3,(H,28,29). The molecule has 2 aromatic heterocycles. The number of alkyl halides is 2. The van der Waals surface area contributed by atoms with E-state index < -0.39 is 22.3 Å². The van der Waals surface area contributed by atoms with Gasteiger partial charge in [-0.3, -0.25) is 14.3 Å². The Hall–Kier alpha value is -3.47. The summed E-state index contributed by atoms with van der Waals surface area (Å²) >= 11 is 0. The van der Waals surface area contributed by atoms with Crippen LogP contribution in [0.5, 0.6) is 0 Å². The Morgan fingerprint density at radius 1 is 1.15 bits per heavy atom. The minimum Gasteiger partial charge on any atom is -0.352 e. The fraction of sp³-hybridized carbons (Fsp3) is 0.261. The number of nitrogens with zero attached hydrogens (tertiary/aromatic N) is 4. The van der Waals surface area contributed by atoms with Gasteiger partial charge in [-0.1, -0.05) is 12.1 Å². The van der Waals surface area contributed by atoms with Crippen molar-refractivity contribution in [3.63, 3.8) is 0 Å². The van der Waals surface area contributed by atoms with E-state index in [-0.39, 0.29) is 24.2 Å². The number of hydrogen-bond acceptors (Lipinski definition) is 6. The van der Waals surface area contributed by atoms with Crippen molar-refractivity contribution < 1.29 is 21.6 Å². The van der Waals surface area contributed by atoms with Gasteiger partial charge in [0.25, 0.3) is 6.43 Å². The Kier molecular flexibility index (Phi) is 6.30. The summed E-state index contributed by atoms with van der Waals surface area (Å²) in [4.78, 5) is 12.7. The van der Waals surface area contributed by atoms with E-state index in [1.54, 1.807) is 43.3 Å². The molecular weight excluding hydrogens is 467 g/mol. The number of halogens is 3. The number of anilines is 3. The predicted octanol–water partition coefficient (Wildman–Crippen LogP) is 4.55. The first-order chi connectivity index (χ1) is 16.0. The summed E-state index contributed by atoms with van der Waals surface area (Å²) in [7, 11) is -2.12. The molecule has 3 heterocycles. The second-order valence-electron chi connectivity index (χ2n) is 8.01. The van der Waals surface area contributed by atoms with Gasteiger partial charge < -0.3 is 5.32 Å². The molecule has 0 spiro atoms. The summed E-state index contributed by atoms with van der Waals surface area (Å²) in [5.41, 5.74) is 3.13. The Labute approximate surface area is 195 Å². The van der Waals surface area contributed by atoms with E-state index in [9.17, 15) is 21.6 Å². The zero-order valence-electron chi connectivity index (χ0n) is 18.7. The predicted molar refractivity (Wildman–Crippen MR) is 126 cm³/mol. The summed E-state index contributed by atoms with van der Waals surface area (Å²) in [6.07, 6.45) is -0.362. The fourth-order valence-electron chi connectivity index (χ4n) is 3.62. The van der Waals surface area contributed by atoms with Crippen molar-refractivity contribution in [3.05, 3.63) is 71.1 Å². The molecule has 0 atom stereocenters. The molecular formula is C23H22F3N5O2S. The van der Waals surface area contributed by atoms with Gasteiger partial charge in [-0.15, -0.1) is 0 Å². The highest BCUT2D eigenvalue weighted by atomic mass is 32.2. The van der Waals surface area contributed by atoms with E-state index in [1.807, 2.05) is 0 Å². The average Bonchev–Trinajstić information content (AvgIpc) is 3.20. The topological polar surface area (TPSA) is 87.5 Å². The maximum absolute atomic E-state index is 13.6. The second kappa shape index (κ2) is 9.05. The SMILES string of the molecule is Cc1cc(Cc2cc(Nc3ccccc3N(C)S(C)(=O)=O)c3c(n2)CC(C(F)F)=N3)ncc1F. The van der Waals surface area contributed by atoms with Gasteiger partial charge in [-0.2, -0.15) is 0 Å². The van der Waals surface area contributed by atoms with E-state index >= 15 is 0 Å². The Morgan fingerprint density at radius 2 is 1.88 bits per heavy atom. The molecule has 0 amide bonds. The summed E-state index contributed by atoms with van der Waals surface area (Å²) < 4.78 is 65.7. The van der Waals surface area contributed by atoms with E-state index in [0.29, 0.717) is 39.7 Å². The van der Waals surface area contributed by atoms with Crippen LogP contribution in [0.1, 0.15) is 22.6 Å². The van der Waals surface area contributed by atoms with E-state index in [2.05, 4.69) is 20.3 Å². The number of nitrogens with one attached hydrogen (secondary N) is 1. The number of pyridine rings is 2. The van der Waals surface area contributed by atoms with Crippen LogP contribution in [0.4, 0.5) is 35.9 Å². The van der Waals surface area contributed by atoms with Crippen LogP contribution in [0.3, 0.4) is 0 Å². The lowest BCUT2D eigenvalue weighted by Gasteiger charge is -2.21. The number of aryl methyl sites for hydroxylation is 1. The molecule has 11 heteroatoms. The zero-order chi connectivity index (χ0) is 24.6. The van der Waals surface area contributed by atoms with Gasteiger partial charge in [0.1, 0.15) is 11.5 Å². The molecule has 1 aliphatic rings. The van der Waals surface area contributed by atoms with Crippen LogP contribution in [0, 0.1) is 12.7 Å². The van der Waals surface area contributed by atoms with Gasteiger partial charge >= 0.3 is 0 Å². The molecule has 4 rings (SSSR count). The molecule has 0 unspecified atom stereocenters. The van der Waals surface area contributed by atoms with Crippen LogP contribution < -0.4 is 9.62 Å². The van der Waals surface area contributed by atoms with Crippen molar-refractivity contribution in [3.8, 4) is 0 Å². The Morgan fingerprint density at radius 3 is 2.56 bits per heavy atom. The number of benzene rings is 1. The maximum atomic E-state index is 13.6. The first-order valence-electron chi connectivity index (χ1n) is 10.3. The van der Waals surface area contributed by atoms with Crippen LogP contribution in [-0.4, -0.2) is 43.8 Å². The Bertz CT molecular complexity index is 1390. The lowest BCUT2D eigenvalue weighted by molar-refractivity contribution is 0.224. The van der Waals surface area contributed by atoms with Gasteiger partial charge in [0.2, 0.25) is 10.0 Å². The molecule has 0 bridgehead atoms. The first kappa shape index (κ1) is 23.7. The minimum atomic E-state index is -3.54. The third-order valence-corrected chi connectivity index (χ3v) is 6.64. The number of aliphatic imine (C=N–C) groups is 1. The van der Waals surface area contributed by atoms with Gasteiger partial charge in [-0.05, 0) is 36.8 Å². The van der Waals surface area contributed by atoms with Gasteiger partial charge in [-0.25, -0.2) is 26.6 Å². The van der Waals surface area contributed by atoms with E-state index in [0.717, 1.165) is 16.8 Å². The van der Waals surface area contributed by atoms with Gasteiger partial charge in [0.15, 0.2) is 0 Å². The van der Waals surface area contributed by atoms with Crippen molar-refractivity contribution in [1.29, 1.82) is 0 Å². The van der Waals surface area contributed by atoms with Crippen LogP contribution in [0.2, 0.25) is 0 Å². The number of fused-ring (bicyclic) bond motifs is 1. The maximum Gasteiger partial charge on any atom is 0.277 e. The molecule has 0 aliphatic carbocycles. The van der Waals surface area contributed by atoms with Crippen LogP contribution >= 0.6 is 0 Å². The fourth-order valence-corrected chi connectivity index (χ4v) is 4.14. The number of sulfonamides is 1. The molecule has 7 nitrogen and oxygen atoms in total. The molecule has 1 N–H and O–H groups in total. The summed E-state index contributed by atoms with van der Waals surface area (Å²) in [6, 6.07) is 10.00. The van der Waals surface area contributed by atoms with Crippen LogP contribution in [0.15, 0.2) is 47.6 Å². The average molecular weight is 490 g/mol. The molecule has 178 valence electrons. The summed E-state index contributed by atoms with van der Waals surface area (Å²) in [5.74, 6) is -0.422. The summed E-state index contributed by atoms with van der Waals surface area (Å²) in [5, 5.41) is 3.15. The smallest absolute Gasteiger partial charge is 0.277 e. The number of hydrogen-bond donors (Lipinski definition) is 1. The van der Waals surface area contributed by atoms with Crippen molar-refractivity contribution in [2.45, 2.75) is 26.2 Å². The number of aromatic nitrogens is 2. The third kappa shape index (κ3) is 4.89. The normalized spacial score (nSPS) is 13.1. The Balaban J connectivity index is 1.77. The number of rotatable bonds is 7. The molecule has 34 heavy (non-hydrogen) atoms. The molecule has 1 aliphatic heterocycles. The second-order valence-corrected chi connectivity index (χ2v) is 10.0. The van der Waals surface area contributed by atoms with Crippen molar-refractivity contribution in [2.24, 2.45) is 4.99 Å². The zero-order valence-corrected chi connectivity index (χ0v) is 19.5.